The third-order valence-corrected chi connectivity index (χ3v) is 3.68. The van der Waals surface area contributed by atoms with Crippen LogP contribution in [0.5, 0.6) is 0 Å². The van der Waals surface area contributed by atoms with Crippen molar-refractivity contribution in [3.8, 4) is 0 Å². The molecule has 1 aliphatic heterocycles. The van der Waals surface area contributed by atoms with Crippen LogP contribution in [0, 0.1) is 5.92 Å². The molecule has 20 heavy (non-hydrogen) atoms. The smallest absolute Gasteiger partial charge is 0.311 e. The molecule has 1 saturated heterocycles. The van der Waals surface area contributed by atoms with Gasteiger partial charge >= 0.3 is 5.97 Å². The highest BCUT2D eigenvalue weighted by Gasteiger charge is 2.38. The number of fused-ring (bicyclic) bond motifs is 1. The van der Waals surface area contributed by atoms with Crippen molar-refractivity contribution in [1.29, 1.82) is 0 Å². The van der Waals surface area contributed by atoms with Crippen LogP contribution in [0.25, 0.3) is 5.52 Å². The quantitative estimate of drug-likeness (QED) is 0.883. The van der Waals surface area contributed by atoms with Gasteiger partial charge in [-0.2, -0.15) is 5.10 Å². The molecule has 3 rings (SSSR count). The zero-order valence-electron chi connectivity index (χ0n) is 11.1. The summed E-state index contributed by atoms with van der Waals surface area (Å²) in [6.45, 7) is 3.30. The first kappa shape index (κ1) is 12.9. The van der Waals surface area contributed by atoms with Gasteiger partial charge in [-0.05, 0) is 13.0 Å². The highest BCUT2D eigenvalue weighted by molar-refractivity contribution is 5.74. The maximum atomic E-state index is 11.3. The fraction of sp³-hybridized carbons (Fsp3) is 0.462. The molecule has 0 aromatic carbocycles. The second kappa shape index (κ2) is 5.09. The summed E-state index contributed by atoms with van der Waals surface area (Å²) in [4.78, 5) is 17.7. The van der Waals surface area contributed by atoms with Gasteiger partial charge in [-0.15, -0.1) is 0 Å². The Hall–Kier alpha value is -2.15. The van der Waals surface area contributed by atoms with E-state index in [4.69, 9.17) is 4.74 Å². The molecular formula is C13H16N4O3. The molecular weight excluding hydrogens is 260 g/mol. The van der Waals surface area contributed by atoms with Crippen molar-refractivity contribution in [2.45, 2.75) is 13.0 Å². The predicted octanol–water partition coefficient (Wildman–Crippen LogP) is 0.655. The van der Waals surface area contributed by atoms with Crippen LogP contribution in [0.2, 0.25) is 0 Å². The summed E-state index contributed by atoms with van der Waals surface area (Å²) in [5, 5.41) is 13.5. The molecule has 106 valence electrons. The summed E-state index contributed by atoms with van der Waals surface area (Å²) in [5.74, 6) is -0.611. The van der Waals surface area contributed by atoms with Gasteiger partial charge in [0.1, 0.15) is 11.4 Å². The Bertz CT molecular complexity index is 627. The number of ether oxygens (including phenoxy) is 1. The number of rotatable bonds is 4. The summed E-state index contributed by atoms with van der Waals surface area (Å²) in [7, 11) is 0. The molecule has 1 N–H and O–H groups in total. The maximum Gasteiger partial charge on any atom is 0.311 e. The molecule has 0 aliphatic carbocycles. The van der Waals surface area contributed by atoms with Crippen LogP contribution in [0.3, 0.4) is 0 Å². The van der Waals surface area contributed by atoms with Gasteiger partial charge < -0.3 is 14.7 Å². The highest BCUT2D eigenvalue weighted by Crippen LogP contribution is 2.27. The summed E-state index contributed by atoms with van der Waals surface area (Å²) in [6.07, 6.45) is 5.14. The van der Waals surface area contributed by atoms with Crippen LogP contribution in [-0.4, -0.2) is 51.5 Å². The van der Waals surface area contributed by atoms with Crippen molar-refractivity contribution in [2.75, 3.05) is 24.7 Å². The zero-order valence-corrected chi connectivity index (χ0v) is 11.1. The van der Waals surface area contributed by atoms with Gasteiger partial charge in [0.2, 0.25) is 0 Å². The van der Waals surface area contributed by atoms with Gasteiger partial charge in [-0.1, -0.05) is 0 Å². The normalized spacial score (nSPS) is 22.2. The van der Waals surface area contributed by atoms with Crippen molar-refractivity contribution in [1.82, 2.24) is 14.6 Å². The van der Waals surface area contributed by atoms with Crippen LogP contribution >= 0.6 is 0 Å². The first-order valence-electron chi connectivity index (χ1n) is 6.58. The number of hydrogen-bond acceptors (Lipinski definition) is 5. The minimum absolute atomic E-state index is 0.203. The third kappa shape index (κ3) is 2.00. The van der Waals surface area contributed by atoms with Gasteiger partial charge in [0.15, 0.2) is 5.82 Å². The molecule has 0 spiro atoms. The van der Waals surface area contributed by atoms with Crippen LogP contribution in [-0.2, 0) is 9.53 Å². The third-order valence-electron chi connectivity index (χ3n) is 3.68. The molecule has 2 atom stereocenters. The fourth-order valence-electron chi connectivity index (χ4n) is 2.69. The summed E-state index contributed by atoms with van der Waals surface area (Å²) in [5.41, 5.74) is 0.866. The average Bonchev–Trinajstić information content (AvgIpc) is 3.08. The SMILES string of the molecule is CCN(c1nccn2nccc12)C1COCC1C(=O)O. The lowest BCUT2D eigenvalue weighted by Crippen LogP contribution is -2.43. The largest absolute Gasteiger partial charge is 0.481 e. The molecule has 1 fully saturated rings. The van der Waals surface area contributed by atoms with Crippen LogP contribution < -0.4 is 4.90 Å². The first-order chi connectivity index (χ1) is 9.72. The second-order valence-electron chi connectivity index (χ2n) is 4.75. The number of aromatic nitrogens is 3. The Morgan fingerprint density at radius 3 is 3.15 bits per heavy atom. The molecule has 3 heterocycles. The van der Waals surface area contributed by atoms with Gasteiger partial charge in [0, 0.05) is 18.9 Å². The van der Waals surface area contributed by atoms with Crippen molar-refractivity contribution in [2.24, 2.45) is 5.92 Å². The number of carboxylic acids is 1. The summed E-state index contributed by atoms with van der Waals surface area (Å²) < 4.78 is 7.09. The van der Waals surface area contributed by atoms with E-state index in [2.05, 4.69) is 10.1 Å². The molecule has 2 aromatic rings. The number of carbonyl (C=O) groups is 1. The van der Waals surface area contributed by atoms with Crippen LogP contribution in [0.4, 0.5) is 5.82 Å². The Labute approximate surface area is 115 Å². The van der Waals surface area contributed by atoms with Gasteiger partial charge in [-0.25, -0.2) is 9.50 Å². The lowest BCUT2D eigenvalue weighted by molar-refractivity contribution is -0.141. The van der Waals surface area contributed by atoms with E-state index in [9.17, 15) is 9.90 Å². The first-order valence-corrected chi connectivity index (χ1v) is 6.58. The van der Waals surface area contributed by atoms with Gasteiger partial charge in [-0.3, -0.25) is 4.79 Å². The van der Waals surface area contributed by atoms with E-state index in [1.807, 2.05) is 17.9 Å². The van der Waals surface area contributed by atoms with Gasteiger partial charge in [0.25, 0.3) is 0 Å². The number of nitrogens with zero attached hydrogens (tertiary/aromatic N) is 4. The molecule has 0 amide bonds. The monoisotopic (exact) mass is 276 g/mol. The van der Waals surface area contributed by atoms with Crippen molar-refractivity contribution in [3.05, 3.63) is 24.7 Å². The van der Waals surface area contributed by atoms with Crippen LogP contribution in [0.1, 0.15) is 6.92 Å². The lowest BCUT2D eigenvalue weighted by atomic mass is 10.0. The minimum Gasteiger partial charge on any atom is -0.481 e. The Morgan fingerprint density at radius 1 is 1.55 bits per heavy atom. The number of aliphatic carboxylic acids is 1. The molecule has 0 radical (unpaired) electrons. The Balaban J connectivity index is 2.01. The number of anilines is 1. The van der Waals surface area contributed by atoms with E-state index in [0.717, 1.165) is 11.3 Å². The lowest BCUT2D eigenvalue weighted by Gasteiger charge is -2.30. The fourth-order valence-corrected chi connectivity index (χ4v) is 2.69. The Kier molecular flexibility index (Phi) is 3.27. The van der Waals surface area contributed by atoms with Crippen molar-refractivity contribution >= 4 is 17.3 Å². The standard InChI is InChI=1S/C13H16N4O3/c1-2-16(11-8-20-7-9(11)13(18)19)12-10-3-4-15-17(10)6-5-14-12/h3-6,9,11H,2,7-8H2,1H3,(H,18,19). The zero-order chi connectivity index (χ0) is 14.1. The molecule has 7 nitrogen and oxygen atoms in total. The molecule has 1 aliphatic rings. The molecule has 7 heteroatoms. The molecule has 0 bridgehead atoms. The maximum absolute atomic E-state index is 11.3. The summed E-state index contributed by atoms with van der Waals surface area (Å²) >= 11 is 0. The van der Waals surface area contributed by atoms with E-state index >= 15 is 0 Å². The predicted molar refractivity (Wildman–Crippen MR) is 71.7 cm³/mol. The number of carboxylic acid groups (broad SMARTS) is 1. The van der Waals surface area contributed by atoms with E-state index in [0.29, 0.717) is 13.2 Å². The topological polar surface area (TPSA) is 80.0 Å². The Morgan fingerprint density at radius 2 is 2.40 bits per heavy atom. The van der Waals surface area contributed by atoms with E-state index < -0.39 is 11.9 Å². The highest BCUT2D eigenvalue weighted by atomic mass is 16.5. The molecule has 2 aromatic heterocycles. The van der Waals surface area contributed by atoms with Crippen molar-refractivity contribution < 1.29 is 14.6 Å². The van der Waals surface area contributed by atoms with E-state index in [1.54, 1.807) is 23.1 Å². The van der Waals surface area contributed by atoms with Crippen LogP contribution in [0.15, 0.2) is 24.7 Å². The average molecular weight is 276 g/mol. The second-order valence-corrected chi connectivity index (χ2v) is 4.75. The molecule has 0 saturated carbocycles. The van der Waals surface area contributed by atoms with E-state index in [1.165, 1.54) is 0 Å². The van der Waals surface area contributed by atoms with Crippen molar-refractivity contribution in [3.63, 3.8) is 0 Å². The minimum atomic E-state index is -0.827. The number of likely N-dealkylation sites (N-methyl/N-ethyl adjacent to an activating group) is 1. The van der Waals surface area contributed by atoms with Gasteiger partial charge in [0.05, 0.1) is 25.5 Å². The molecule has 2 unspecified atom stereocenters. The van der Waals surface area contributed by atoms with E-state index in [-0.39, 0.29) is 12.6 Å². The number of hydrogen-bond donors (Lipinski definition) is 1. The summed E-state index contributed by atoms with van der Waals surface area (Å²) in [6, 6.07) is 1.67.